The van der Waals surface area contributed by atoms with Crippen LogP contribution in [0.3, 0.4) is 0 Å². The van der Waals surface area contributed by atoms with E-state index < -0.39 is 0 Å². The molecule has 19 heavy (non-hydrogen) atoms. The van der Waals surface area contributed by atoms with Crippen molar-refractivity contribution in [3.63, 3.8) is 0 Å². The van der Waals surface area contributed by atoms with Crippen LogP contribution >= 0.6 is 0 Å². The van der Waals surface area contributed by atoms with Gasteiger partial charge in [0.2, 0.25) is 5.89 Å². The monoisotopic (exact) mass is 264 g/mol. The van der Waals surface area contributed by atoms with Gasteiger partial charge in [-0.1, -0.05) is 18.0 Å². The fourth-order valence-corrected chi connectivity index (χ4v) is 3.61. The van der Waals surface area contributed by atoms with Crippen molar-refractivity contribution in [1.29, 1.82) is 0 Å². The van der Waals surface area contributed by atoms with E-state index in [0.29, 0.717) is 18.0 Å². The van der Waals surface area contributed by atoms with E-state index >= 15 is 0 Å². The van der Waals surface area contributed by atoms with Crippen molar-refractivity contribution >= 4 is 0 Å². The molecule has 5 heteroatoms. The second-order valence-corrected chi connectivity index (χ2v) is 5.87. The number of aromatic nitrogens is 2. The molecule has 0 bridgehead atoms. The number of nitrogens with one attached hydrogen (secondary N) is 2. The van der Waals surface area contributed by atoms with Crippen LogP contribution in [0.15, 0.2) is 4.52 Å². The maximum atomic E-state index is 5.02. The van der Waals surface area contributed by atoms with Gasteiger partial charge in [-0.15, -0.1) is 0 Å². The number of hydrogen-bond acceptors (Lipinski definition) is 5. The van der Waals surface area contributed by atoms with Gasteiger partial charge in [-0.25, -0.2) is 0 Å². The molecule has 1 aromatic heterocycles. The number of aryl methyl sites for hydroxylation is 1. The maximum absolute atomic E-state index is 5.02. The first-order valence-electron chi connectivity index (χ1n) is 7.59. The Morgan fingerprint density at radius 3 is 2.89 bits per heavy atom. The largest absolute Gasteiger partial charge is 0.340 e. The van der Waals surface area contributed by atoms with Gasteiger partial charge in [-0.05, 0) is 38.1 Å². The Kier molecular flexibility index (Phi) is 4.13. The smallest absolute Gasteiger partial charge is 0.223 e. The summed E-state index contributed by atoms with van der Waals surface area (Å²) >= 11 is 0. The Bertz CT molecular complexity index is 400. The molecule has 1 saturated heterocycles. The molecule has 0 amide bonds. The summed E-state index contributed by atoms with van der Waals surface area (Å²) in [4.78, 5) is 4.26. The molecule has 1 aliphatic carbocycles. The van der Waals surface area contributed by atoms with Crippen LogP contribution in [0, 0.1) is 12.8 Å². The molecule has 2 N–H and O–H groups in total. The molecular weight excluding hydrogens is 240 g/mol. The van der Waals surface area contributed by atoms with Gasteiger partial charge in [0, 0.05) is 19.0 Å². The Hall–Kier alpha value is -0.940. The van der Waals surface area contributed by atoms with Gasteiger partial charge in [0.15, 0.2) is 5.82 Å². The molecule has 0 aromatic carbocycles. The van der Waals surface area contributed by atoms with Crippen molar-refractivity contribution in [2.24, 2.45) is 5.92 Å². The molecule has 1 saturated carbocycles. The van der Waals surface area contributed by atoms with Crippen molar-refractivity contribution < 1.29 is 4.52 Å². The summed E-state index contributed by atoms with van der Waals surface area (Å²) < 4.78 is 5.02. The highest BCUT2D eigenvalue weighted by molar-refractivity contribution is 4.93. The summed E-state index contributed by atoms with van der Waals surface area (Å²) in [5.41, 5.74) is 0. The van der Waals surface area contributed by atoms with Crippen molar-refractivity contribution in [3.05, 3.63) is 11.7 Å². The molecule has 5 nitrogen and oxygen atoms in total. The molecule has 106 valence electrons. The zero-order valence-electron chi connectivity index (χ0n) is 11.7. The molecule has 3 unspecified atom stereocenters. The molecular formula is C14H24N4O. The standard InChI is InChI=1S/C14H24N4O/c1-10-17-14(18-19-10)9-16-13-6-3-2-5-11(13)12-7-4-8-15-12/h11-13,15-16H,2-9H2,1H3. The van der Waals surface area contributed by atoms with Crippen molar-refractivity contribution in [1.82, 2.24) is 20.8 Å². The molecule has 1 aromatic rings. The average molecular weight is 264 g/mol. The first kappa shape index (κ1) is 13.1. The predicted octanol–water partition coefficient (Wildman–Crippen LogP) is 1.78. The Morgan fingerprint density at radius 1 is 1.26 bits per heavy atom. The van der Waals surface area contributed by atoms with E-state index in [1.54, 1.807) is 0 Å². The lowest BCUT2D eigenvalue weighted by Crippen LogP contribution is -2.46. The SMILES string of the molecule is Cc1nc(CNC2CCCCC2C2CCCN2)no1. The highest BCUT2D eigenvalue weighted by atomic mass is 16.5. The zero-order valence-corrected chi connectivity index (χ0v) is 11.7. The van der Waals surface area contributed by atoms with E-state index in [-0.39, 0.29) is 0 Å². The van der Waals surface area contributed by atoms with Crippen LogP contribution in [0.1, 0.15) is 50.2 Å². The summed E-state index contributed by atoms with van der Waals surface area (Å²) in [6.45, 7) is 3.76. The van der Waals surface area contributed by atoms with Gasteiger partial charge in [-0.3, -0.25) is 0 Å². The lowest BCUT2D eigenvalue weighted by Gasteiger charge is -2.36. The van der Waals surface area contributed by atoms with Crippen LogP contribution in [0.25, 0.3) is 0 Å². The van der Waals surface area contributed by atoms with Gasteiger partial charge < -0.3 is 15.2 Å². The second-order valence-electron chi connectivity index (χ2n) is 5.87. The molecule has 2 fully saturated rings. The van der Waals surface area contributed by atoms with Gasteiger partial charge in [0.05, 0.1) is 6.54 Å². The topological polar surface area (TPSA) is 63.0 Å². The van der Waals surface area contributed by atoms with Crippen LogP contribution in [0.5, 0.6) is 0 Å². The van der Waals surface area contributed by atoms with E-state index in [4.69, 9.17) is 4.52 Å². The lowest BCUT2D eigenvalue weighted by molar-refractivity contribution is 0.212. The highest BCUT2D eigenvalue weighted by Gasteiger charge is 2.32. The molecule has 2 aliphatic rings. The van der Waals surface area contributed by atoms with Crippen molar-refractivity contribution in [3.8, 4) is 0 Å². The first-order valence-corrected chi connectivity index (χ1v) is 7.59. The fraction of sp³-hybridized carbons (Fsp3) is 0.857. The van der Waals surface area contributed by atoms with Gasteiger partial charge >= 0.3 is 0 Å². The Labute approximate surface area is 114 Å². The molecule has 3 rings (SSSR count). The van der Waals surface area contributed by atoms with Crippen molar-refractivity contribution in [2.45, 2.75) is 64.1 Å². The van der Waals surface area contributed by atoms with Crippen LogP contribution in [0.4, 0.5) is 0 Å². The number of nitrogens with zero attached hydrogens (tertiary/aromatic N) is 2. The predicted molar refractivity (Wildman–Crippen MR) is 72.6 cm³/mol. The van der Waals surface area contributed by atoms with E-state index in [1.165, 1.54) is 45.1 Å². The average Bonchev–Trinajstić information content (AvgIpc) is 3.08. The maximum Gasteiger partial charge on any atom is 0.223 e. The Balaban J connectivity index is 1.57. The number of rotatable bonds is 4. The third-order valence-corrected chi connectivity index (χ3v) is 4.53. The first-order chi connectivity index (χ1) is 9.33. The van der Waals surface area contributed by atoms with Crippen molar-refractivity contribution in [2.75, 3.05) is 6.54 Å². The number of hydrogen-bond donors (Lipinski definition) is 2. The third-order valence-electron chi connectivity index (χ3n) is 4.53. The quantitative estimate of drug-likeness (QED) is 0.868. The third kappa shape index (κ3) is 3.15. The van der Waals surface area contributed by atoms with E-state index in [1.807, 2.05) is 6.92 Å². The van der Waals surface area contributed by atoms with Gasteiger partial charge in [0.25, 0.3) is 0 Å². The van der Waals surface area contributed by atoms with Gasteiger partial charge in [0.1, 0.15) is 0 Å². The van der Waals surface area contributed by atoms with Crippen LogP contribution in [0.2, 0.25) is 0 Å². The Morgan fingerprint density at radius 2 is 2.16 bits per heavy atom. The van der Waals surface area contributed by atoms with E-state index in [0.717, 1.165) is 18.3 Å². The second kappa shape index (κ2) is 6.01. The van der Waals surface area contributed by atoms with Crippen LogP contribution in [-0.4, -0.2) is 28.8 Å². The van der Waals surface area contributed by atoms with E-state index in [2.05, 4.69) is 20.8 Å². The highest BCUT2D eigenvalue weighted by Crippen LogP contribution is 2.30. The normalized spacial score (nSPS) is 31.7. The van der Waals surface area contributed by atoms with Crippen LogP contribution < -0.4 is 10.6 Å². The van der Waals surface area contributed by atoms with Gasteiger partial charge in [-0.2, -0.15) is 4.98 Å². The minimum Gasteiger partial charge on any atom is -0.340 e. The fourth-order valence-electron chi connectivity index (χ4n) is 3.61. The summed E-state index contributed by atoms with van der Waals surface area (Å²) in [5, 5.41) is 11.3. The summed E-state index contributed by atoms with van der Waals surface area (Å²) in [5.74, 6) is 2.19. The molecule has 1 aliphatic heterocycles. The molecule has 3 atom stereocenters. The minimum atomic E-state index is 0.600. The molecule has 0 radical (unpaired) electrons. The van der Waals surface area contributed by atoms with Crippen LogP contribution in [-0.2, 0) is 6.54 Å². The zero-order chi connectivity index (χ0) is 13.1. The lowest BCUT2D eigenvalue weighted by atomic mass is 9.79. The summed E-state index contributed by atoms with van der Waals surface area (Å²) in [6, 6.07) is 1.31. The molecule has 2 heterocycles. The minimum absolute atomic E-state index is 0.600. The molecule has 0 spiro atoms. The summed E-state index contributed by atoms with van der Waals surface area (Å²) in [7, 11) is 0. The summed E-state index contributed by atoms with van der Waals surface area (Å²) in [6.07, 6.45) is 8.01. The van der Waals surface area contributed by atoms with E-state index in [9.17, 15) is 0 Å².